The molecule has 2 N–H and O–H groups in total. The molecule has 17 heavy (non-hydrogen) atoms. The van der Waals surface area contributed by atoms with Crippen LogP contribution in [0.3, 0.4) is 0 Å². The second-order valence-corrected chi connectivity index (χ2v) is 3.61. The molecule has 6 heteroatoms. The number of hydrogen-bond donors (Lipinski definition) is 2. The third-order valence-electron chi connectivity index (χ3n) is 2.40. The van der Waals surface area contributed by atoms with Crippen molar-refractivity contribution in [1.82, 2.24) is 10.3 Å². The Balaban J connectivity index is 1.95. The second kappa shape index (κ2) is 4.92. The van der Waals surface area contributed by atoms with Crippen molar-refractivity contribution in [2.75, 3.05) is 25.5 Å². The summed E-state index contributed by atoms with van der Waals surface area (Å²) in [6.07, 6.45) is 1.20. The first-order valence-electron chi connectivity index (χ1n) is 6.52. The second-order valence-electron chi connectivity index (χ2n) is 3.61. The van der Waals surface area contributed by atoms with Crippen molar-refractivity contribution in [2.24, 2.45) is 5.92 Å². The maximum atomic E-state index is 11.6. The zero-order chi connectivity index (χ0) is 14.8. The minimum atomic E-state index is -2.55. The van der Waals surface area contributed by atoms with E-state index in [0.29, 0.717) is 19.0 Å². The number of hydrogen-bond acceptors (Lipinski definition) is 4. The van der Waals surface area contributed by atoms with Gasteiger partial charge in [-0.25, -0.2) is 4.98 Å². The van der Waals surface area contributed by atoms with Gasteiger partial charge in [-0.3, -0.25) is 9.59 Å². The van der Waals surface area contributed by atoms with Gasteiger partial charge in [-0.1, -0.05) is 0 Å². The highest BCUT2D eigenvalue weighted by molar-refractivity contribution is 5.95. The third kappa shape index (κ3) is 2.59. The fourth-order valence-corrected chi connectivity index (χ4v) is 1.29. The molecule has 0 radical (unpaired) electrons. The van der Waals surface area contributed by atoms with Crippen LogP contribution in [0.1, 0.15) is 14.5 Å². The molecule has 6 nitrogen and oxygen atoms in total. The zero-order valence-electron chi connectivity index (χ0n) is 11.9. The number of carbonyl (C=O) groups excluding carboxylic acids is 2. The molecule has 2 heterocycles. The lowest BCUT2D eigenvalue weighted by molar-refractivity contribution is -0.133. The number of anilines is 1. The molecule has 0 saturated carbocycles. The number of pyridine rings is 1. The van der Waals surface area contributed by atoms with Gasteiger partial charge in [0.05, 0.1) is 24.7 Å². The van der Waals surface area contributed by atoms with Crippen LogP contribution in [0.5, 0.6) is 0 Å². The molecular formula is C11H13N3O3. The van der Waals surface area contributed by atoms with Crippen LogP contribution in [0, 0.1) is 5.92 Å². The van der Waals surface area contributed by atoms with Crippen LogP contribution in [-0.4, -0.2) is 37.0 Å². The van der Waals surface area contributed by atoms with Gasteiger partial charge in [0.1, 0.15) is 5.82 Å². The standard InChI is InChI=1S/C11H13N3O3/c1-12-10(15)7-2-3-9(13-4-7)14-11(16)8-5-17-6-8/h2-4,8H,5-6H2,1H3,(H,12,15)(H,13,14,16)/i1D3. The van der Waals surface area contributed by atoms with Crippen LogP contribution in [0.4, 0.5) is 5.82 Å². The van der Waals surface area contributed by atoms with Gasteiger partial charge in [0.25, 0.3) is 5.91 Å². The SMILES string of the molecule is [2H]C([2H])([2H])NC(=O)c1ccc(NC(=O)C2COC2)nc1. The largest absolute Gasteiger partial charge is 0.380 e. The normalized spacial score (nSPS) is 18.2. The molecule has 1 saturated heterocycles. The van der Waals surface area contributed by atoms with E-state index in [1.165, 1.54) is 18.3 Å². The number of nitrogens with one attached hydrogen (secondary N) is 2. The average Bonchev–Trinajstić information content (AvgIpc) is 2.24. The summed E-state index contributed by atoms with van der Waals surface area (Å²) < 4.78 is 25.7. The van der Waals surface area contributed by atoms with Gasteiger partial charge in [-0.15, -0.1) is 0 Å². The Morgan fingerprint density at radius 3 is 2.88 bits per heavy atom. The quantitative estimate of drug-likeness (QED) is 0.778. The van der Waals surface area contributed by atoms with E-state index in [2.05, 4.69) is 10.3 Å². The smallest absolute Gasteiger partial charge is 0.252 e. The van der Waals surface area contributed by atoms with Crippen molar-refractivity contribution in [3.8, 4) is 0 Å². The van der Waals surface area contributed by atoms with E-state index in [1.807, 2.05) is 5.32 Å². The number of carbonyl (C=O) groups is 2. The molecule has 0 spiro atoms. The molecule has 1 aromatic heterocycles. The zero-order valence-corrected chi connectivity index (χ0v) is 8.90. The Hall–Kier alpha value is -1.95. The summed E-state index contributed by atoms with van der Waals surface area (Å²) in [4.78, 5) is 27.1. The predicted octanol–water partition coefficient (Wildman–Crippen LogP) is 0.0261. The minimum absolute atomic E-state index is 0.103. The number of aromatic nitrogens is 1. The van der Waals surface area contributed by atoms with E-state index in [-0.39, 0.29) is 17.4 Å². The van der Waals surface area contributed by atoms with E-state index in [9.17, 15) is 9.59 Å². The van der Waals surface area contributed by atoms with Gasteiger partial charge in [0.2, 0.25) is 5.91 Å². The van der Waals surface area contributed by atoms with Crippen LogP contribution in [0.25, 0.3) is 0 Å². The van der Waals surface area contributed by atoms with E-state index in [0.717, 1.165) is 0 Å². The average molecular weight is 238 g/mol. The number of nitrogens with zero attached hydrogens (tertiary/aromatic N) is 1. The van der Waals surface area contributed by atoms with E-state index < -0.39 is 12.9 Å². The van der Waals surface area contributed by atoms with Crippen LogP contribution < -0.4 is 10.6 Å². The minimum Gasteiger partial charge on any atom is -0.380 e. The van der Waals surface area contributed by atoms with Crippen LogP contribution in [-0.2, 0) is 9.53 Å². The Labute approximate surface area is 103 Å². The third-order valence-corrected chi connectivity index (χ3v) is 2.40. The summed E-state index contributed by atoms with van der Waals surface area (Å²) >= 11 is 0. The molecule has 0 unspecified atom stereocenters. The van der Waals surface area contributed by atoms with Gasteiger partial charge in [0.15, 0.2) is 0 Å². The molecule has 0 bridgehead atoms. The highest BCUT2D eigenvalue weighted by Crippen LogP contribution is 2.13. The topological polar surface area (TPSA) is 80.3 Å². The van der Waals surface area contributed by atoms with Crippen molar-refractivity contribution in [3.63, 3.8) is 0 Å². The molecule has 1 aromatic rings. The van der Waals surface area contributed by atoms with Crippen molar-refractivity contribution < 1.29 is 18.4 Å². The van der Waals surface area contributed by atoms with Gasteiger partial charge < -0.3 is 15.4 Å². The van der Waals surface area contributed by atoms with Crippen molar-refractivity contribution in [2.45, 2.75) is 0 Å². The number of ether oxygens (including phenoxy) is 1. The molecule has 2 rings (SSSR count). The Morgan fingerprint density at radius 2 is 2.35 bits per heavy atom. The van der Waals surface area contributed by atoms with Crippen molar-refractivity contribution >= 4 is 17.6 Å². The van der Waals surface area contributed by atoms with Crippen LogP contribution in [0.15, 0.2) is 18.3 Å². The number of rotatable bonds is 3. The monoisotopic (exact) mass is 238 g/mol. The van der Waals surface area contributed by atoms with Crippen molar-refractivity contribution in [1.29, 1.82) is 0 Å². The van der Waals surface area contributed by atoms with E-state index in [4.69, 9.17) is 8.85 Å². The summed E-state index contributed by atoms with van der Waals surface area (Å²) in [5.74, 6) is -0.811. The van der Waals surface area contributed by atoms with E-state index in [1.54, 1.807) is 0 Å². The summed E-state index contributed by atoms with van der Waals surface area (Å²) in [7, 11) is 0. The van der Waals surface area contributed by atoms with Crippen molar-refractivity contribution in [3.05, 3.63) is 23.9 Å². The molecule has 1 fully saturated rings. The lowest BCUT2D eigenvalue weighted by Crippen LogP contribution is -2.38. The number of amides is 2. The first-order chi connectivity index (χ1) is 9.35. The molecule has 1 aliphatic rings. The first-order valence-corrected chi connectivity index (χ1v) is 5.02. The van der Waals surface area contributed by atoms with Gasteiger partial charge >= 0.3 is 0 Å². The molecule has 0 atom stereocenters. The Morgan fingerprint density at radius 1 is 1.53 bits per heavy atom. The lowest BCUT2D eigenvalue weighted by atomic mass is 10.1. The summed E-state index contributed by atoms with van der Waals surface area (Å²) in [5, 5.41) is 4.43. The molecule has 0 aliphatic carbocycles. The summed E-state index contributed by atoms with van der Waals surface area (Å²) in [6.45, 7) is -1.76. The van der Waals surface area contributed by atoms with Gasteiger partial charge in [-0.05, 0) is 12.1 Å². The molecule has 1 aliphatic heterocycles. The molecule has 0 aromatic carbocycles. The lowest BCUT2D eigenvalue weighted by Gasteiger charge is -2.24. The molecule has 90 valence electrons. The van der Waals surface area contributed by atoms with E-state index >= 15 is 0 Å². The fraction of sp³-hybridized carbons (Fsp3) is 0.364. The fourth-order valence-electron chi connectivity index (χ4n) is 1.29. The highest BCUT2D eigenvalue weighted by atomic mass is 16.5. The predicted molar refractivity (Wildman–Crippen MR) is 60.6 cm³/mol. The van der Waals surface area contributed by atoms with Crippen LogP contribution >= 0.6 is 0 Å². The maximum absolute atomic E-state index is 11.6. The first kappa shape index (κ1) is 8.19. The Bertz CT molecular complexity index is 512. The van der Waals surface area contributed by atoms with Crippen LogP contribution in [0.2, 0.25) is 0 Å². The molecular weight excluding hydrogens is 222 g/mol. The highest BCUT2D eigenvalue weighted by Gasteiger charge is 2.26. The maximum Gasteiger partial charge on any atom is 0.252 e. The van der Waals surface area contributed by atoms with Gasteiger partial charge in [-0.2, -0.15) is 0 Å². The summed E-state index contributed by atoms with van der Waals surface area (Å²) in [5.41, 5.74) is 0.103. The Kier molecular flexibility index (Phi) is 2.37. The molecule has 2 amide bonds. The van der Waals surface area contributed by atoms with Gasteiger partial charge in [0, 0.05) is 17.3 Å². The summed E-state index contributed by atoms with van der Waals surface area (Å²) in [6, 6.07) is 2.83.